The summed E-state index contributed by atoms with van der Waals surface area (Å²) in [6.07, 6.45) is 7.05. The van der Waals surface area contributed by atoms with Crippen molar-refractivity contribution in [3.8, 4) is 0 Å². The van der Waals surface area contributed by atoms with Crippen LogP contribution >= 0.6 is 27.3 Å². The maximum Gasteiger partial charge on any atom is 0.123 e. The molecule has 0 aliphatic heterocycles. The van der Waals surface area contributed by atoms with Gasteiger partial charge in [0.25, 0.3) is 0 Å². The molecule has 1 heterocycles. The largest absolute Gasteiger partial charge is 0.386 e. The third-order valence-electron chi connectivity index (χ3n) is 2.50. The van der Waals surface area contributed by atoms with Crippen LogP contribution in [0, 0.1) is 5.92 Å². The highest BCUT2D eigenvalue weighted by Gasteiger charge is 2.23. The van der Waals surface area contributed by atoms with Crippen LogP contribution in [0.25, 0.3) is 0 Å². The van der Waals surface area contributed by atoms with Gasteiger partial charge in [-0.15, -0.1) is 11.3 Å². The first kappa shape index (κ1) is 10.3. The first-order valence-electron chi connectivity index (χ1n) is 4.71. The van der Waals surface area contributed by atoms with Gasteiger partial charge in [-0.2, -0.15) is 0 Å². The van der Waals surface area contributed by atoms with E-state index in [-0.39, 0.29) is 0 Å². The molecule has 2 atom stereocenters. The summed E-state index contributed by atoms with van der Waals surface area (Å²) >= 11 is 4.82. The Hall–Kier alpha value is -0.190. The number of aromatic nitrogens is 1. The second-order valence-electron chi connectivity index (χ2n) is 3.50. The standard InChI is InChI=1S/C10H12BrNOS/c11-8-6-14-10(12-8)9(13)7-4-2-1-3-5-7/h1-2,6-7,9,13H,3-5H2. The van der Waals surface area contributed by atoms with E-state index in [1.54, 1.807) is 0 Å². The molecule has 0 saturated carbocycles. The second kappa shape index (κ2) is 4.55. The van der Waals surface area contributed by atoms with Gasteiger partial charge >= 0.3 is 0 Å². The van der Waals surface area contributed by atoms with Gasteiger partial charge in [0.15, 0.2) is 0 Å². The lowest BCUT2D eigenvalue weighted by atomic mass is 9.90. The van der Waals surface area contributed by atoms with Crippen molar-refractivity contribution in [2.24, 2.45) is 5.92 Å². The Labute approximate surface area is 95.8 Å². The monoisotopic (exact) mass is 273 g/mol. The van der Waals surface area contributed by atoms with Gasteiger partial charge in [0.05, 0.1) is 0 Å². The topological polar surface area (TPSA) is 33.1 Å². The summed E-state index contributed by atoms with van der Waals surface area (Å²) < 4.78 is 0.822. The lowest BCUT2D eigenvalue weighted by Gasteiger charge is -2.21. The van der Waals surface area contributed by atoms with E-state index in [9.17, 15) is 5.11 Å². The third-order valence-corrected chi connectivity index (χ3v) is 4.13. The predicted octanol–water partition coefficient (Wildman–Crippen LogP) is 3.30. The van der Waals surface area contributed by atoms with Crippen molar-refractivity contribution >= 4 is 27.3 Å². The molecule has 0 spiro atoms. The fourth-order valence-corrected chi connectivity index (χ4v) is 3.05. The molecule has 1 aromatic rings. The first-order valence-corrected chi connectivity index (χ1v) is 6.38. The van der Waals surface area contributed by atoms with Gasteiger partial charge in [-0.1, -0.05) is 12.2 Å². The van der Waals surface area contributed by atoms with Crippen LogP contribution in [0.1, 0.15) is 30.4 Å². The van der Waals surface area contributed by atoms with Crippen molar-refractivity contribution in [2.45, 2.75) is 25.4 Å². The molecule has 2 rings (SSSR count). The zero-order valence-electron chi connectivity index (χ0n) is 7.69. The molecule has 0 saturated heterocycles. The normalized spacial score (nSPS) is 23.7. The average molecular weight is 274 g/mol. The Morgan fingerprint density at radius 3 is 3.00 bits per heavy atom. The molecular formula is C10H12BrNOS. The highest BCUT2D eigenvalue weighted by molar-refractivity contribution is 9.10. The lowest BCUT2D eigenvalue weighted by Crippen LogP contribution is -2.13. The van der Waals surface area contributed by atoms with Crippen LogP contribution < -0.4 is 0 Å². The molecule has 0 amide bonds. The maximum atomic E-state index is 10.1. The van der Waals surface area contributed by atoms with Crippen LogP contribution in [0.4, 0.5) is 0 Å². The molecule has 4 heteroatoms. The Bertz CT molecular complexity index is 337. The minimum Gasteiger partial charge on any atom is -0.386 e. The predicted molar refractivity (Wildman–Crippen MR) is 61.3 cm³/mol. The van der Waals surface area contributed by atoms with E-state index >= 15 is 0 Å². The van der Waals surface area contributed by atoms with E-state index in [0.29, 0.717) is 5.92 Å². The molecule has 2 unspecified atom stereocenters. The van der Waals surface area contributed by atoms with Crippen LogP contribution in [-0.2, 0) is 0 Å². The number of aliphatic hydroxyl groups is 1. The summed E-state index contributed by atoms with van der Waals surface area (Å²) in [5.41, 5.74) is 0. The molecule has 2 nitrogen and oxygen atoms in total. The van der Waals surface area contributed by atoms with E-state index in [2.05, 4.69) is 33.1 Å². The summed E-state index contributed by atoms with van der Waals surface area (Å²) in [6, 6.07) is 0. The fraction of sp³-hybridized carbons (Fsp3) is 0.500. The van der Waals surface area contributed by atoms with Crippen LogP contribution in [0.5, 0.6) is 0 Å². The summed E-state index contributed by atoms with van der Waals surface area (Å²) in [7, 11) is 0. The SMILES string of the molecule is OC(c1nc(Br)cs1)C1CC=CCC1. The summed E-state index contributed by atoms with van der Waals surface area (Å²) in [4.78, 5) is 4.25. The molecule has 0 radical (unpaired) electrons. The zero-order chi connectivity index (χ0) is 9.97. The molecule has 1 aliphatic carbocycles. The maximum absolute atomic E-state index is 10.1. The van der Waals surface area contributed by atoms with Crippen molar-refractivity contribution in [3.63, 3.8) is 0 Å². The summed E-state index contributed by atoms with van der Waals surface area (Å²) in [5, 5.41) is 12.8. The van der Waals surface area contributed by atoms with Gasteiger partial charge < -0.3 is 5.11 Å². The quantitative estimate of drug-likeness (QED) is 0.839. The zero-order valence-corrected chi connectivity index (χ0v) is 10.1. The first-order chi connectivity index (χ1) is 6.77. The highest BCUT2D eigenvalue weighted by atomic mass is 79.9. The molecule has 0 aromatic carbocycles. The second-order valence-corrected chi connectivity index (χ2v) is 5.20. The van der Waals surface area contributed by atoms with E-state index in [1.807, 2.05) is 5.38 Å². The van der Waals surface area contributed by atoms with E-state index in [4.69, 9.17) is 0 Å². The number of aliphatic hydroxyl groups excluding tert-OH is 1. The van der Waals surface area contributed by atoms with Crippen molar-refractivity contribution in [3.05, 3.63) is 27.1 Å². The van der Waals surface area contributed by atoms with Gasteiger partial charge in [-0.05, 0) is 41.1 Å². The summed E-state index contributed by atoms with van der Waals surface area (Å²) in [6.45, 7) is 0. The van der Waals surface area contributed by atoms with Crippen LogP contribution in [0.3, 0.4) is 0 Å². The average Bonchev–Trinajstić information content (AvgIpc) is 2.65. The number of allylic oxidation sites excluding steroid dienone is 2. The third kappa shape index (κ3) is 2.24. The molecule has 1 aliphatic rings. The fourth-order valence-electron chi connectivity index (χ4n) is 1.71. The van der Waals surface area contributed by atoms with Crippen molar-refractivity contribution in [1.82, 2.24) is 4.98 Å². The molecular weight excluding hydrogens is 262 g/mol. The van der Waals surface area contributed by atoms with Gasteiger partial charge in [0, 0.05) is 5.38 Å². The van der Waals surface area contributed by atoms with Gasteiger partial charge in [0.2, 0.25) is 0 Å². The Balaban J connectivity index is 2.07. The van der Waals surface area contributed by atoms with Crippen LogP contribution in [-0.4, -0.2) is 10.1 Å². The minimum absolute atomic E-state index is 0.345. The number of hydrogen-bond acceptors (Lipinski definition) is 3. The van der Waals surface area contributed by atoms with E-state index < -0.39 is 6.10 Å². The van der Waals surface area contributed by atoms with Crippen molar-refractivity contribution < 1.29 is 5.11 Å². The smallest absolute Gasteiger partial charge is 0.123 e. The number of hydrogen-bond donors (Lipinski definition) is 1. The lowest BCUT2D eigenvalue weighted by molar-refractivity contribution is 0.102. The Kier molecular flexibility index (Phi) is 3.36. The van der Waals surface area contributed by atoms with Crippen molar-refractivity contribution in [2.75, 3.05) is 0 Å². The molecule has 14 heavy (non-hydrogen) atoms. The molecule has 0 fully saturated rings. The summed E-state index contributed by atoms with van der Waals surface area (Å²) in [5.74, 6) is 0.345. The minimum atomic E-state index is -0.392. The van der Waals surface area contributed by atoms with Crippen LogP contribution in [0.2, 0.25) is 0 Å². The number of halogens is 1. The molecule has 1 N–H and O–H groups in total. The number of nitrogens with zero attached hydrogens (tertiary/aromatic N) is 1. The number of rotatable bonds is 2. The van der Waals surface area contributed by atoms with E-state index in [1.165, 1.54) is 11.3 Å². The molecule has 0 bridgehead atoms. The van der Waals surface area contributed by atoms with Crippen LogP contribution in [0.15, 0.2) is 22.1 Å². The Morgan fingerprint density at radius 1 is 1.57 bits per heavy atom. The molecule has 1 aromatic heterocycles. The highest BCUT2D eigenvalue weighted by Crippen LogP contribution is 2.33. The van der Waals surface area contributed by atoms with E-state index in [0.717, 1.165) is 28.9 Å². The van der Waals surface area contributed by atoms with Gasteiger partial charge in [0.1, 0.15) is 15.7 Å². The Morgan fingerprint density at radius 2 is 2.43 bits per heavy atom. The number of thiazole rings is 1. The molecule has 76 valence electrons. The van der Waals surface area contributed by atoms with Gasteiger partial charge in [-0.3, -0.25) is 0 Å². The van der Waals surface area contributed by atoms with Gasteiger partial charge in [-0.25, -0.2) is 4.98 Å². The van der Waals surface area contributed by atoms with Crippen molar-refractivity contribution in [1.29, 1.82) is 0 Å².